The Kier molecular flexibility index (Phi) is 4.18. The molecule has 27 heavy (non-hydrogen) atoms. The molecule has 4 aromatic rings. The Hall–Kier alpha value is -3.16. The van der Waals surface area contributed by atoms with E-state index in [1.54, 1.807) is 0 Å². The predicted octanol–water partition coefficient (Wildman–Crippen LogP) is 4.12. The van der Waals surface area contributed by atoms with Crippen LogP contribution >= 0.6 is 0 Å². The SMILES string of the molecule is Cc1c(Cc2nnn[nH]2)c2ccccc2n1Cc1ccc(C(F)(F)F)cc1. The number of nitrogens with one attached hydrogen (secondary N) is 1. The fourth-order valence-electron chi connectivity index (χ4n) is 3.33. The maximum Gasteiger partial charge on any atom is 0.416 e. The standard InChI is InChI=1S/C19H16F3N5/c1-12-16(10-18-23-25-26-24-18)15-4-2-3-5-17(15)27(12)11-13-6-8-14(9-7-13)19(20,21)22/h2-9H,10-11H2,1H3,(H,23,24,25,26). The molecular weight excluding hydrogens is 355 g/mol. The zero-order chi connectivity index (χ0) is 19.0. The van der Waals surface area contributed by atoms with Gasteiger partial charge in [-0.1, -0.05) is 30.3 Å². The molecule has 0 amide bonds. The van der Waals surface area contributed by atoms with Gasteiger partial charge in [0.25, 0.3) is 0 Å². The lowest BCUT2D eigenvalue weighted by atomic mass is 10.1. The highest BCUT2D eigenvalue weighted by Gasteiger charge is 2.30. The van der Waals surface area contributed by atoms with E-state index in [9.17, 15) is 13.2 Å². The van der Waals surface area contributed by atoms with Crippen LogP contribution in [0.3, 0.4) is 0 Å². The van der Waals surface area contributed by atoms with Gasteiger partial charge in [-0.25, -0.2) is 5.10 Å². The van der Waals surface area contributed by atoms with E-state index in [1.165, 1.54) is 12.1 Å². The summed E-state index contributed by atoms with van der Waals surface area (Å²) in [7, 11) is 0. The van der Waals surface area contributed by atoms with Crippen LogP contribution in [0.2, 0.25) is 0 Å². The van der Waals surface area contributed by atoms with Crippen molar-refractivity contribution in [1.29, 1.82) is 0 Å². The molecule has 0 aliphatic heterocycles. The van der Waals surface area contributed by atoms with E-state index in [1.807, 2.05) is 31.2 Å². The summed E-state index contributed by atoms with van der Waals surface area (Å²) in [4.78, 5) is 0. The number of fused-ring (bicyclic) bond motifs is 1. The molecule has 4 rings (SSSR count). The van der Waals surface area contributed by atoms with E-state index < -0.39 is 11.7 Å². The fourth-order valence-corrected chi connectivity index (χ4v) is 3.33. The maximum absolute atomic E-state index is 12.8. The lowest BCUT2D eigenvalue weighted by Crippen LogP contribution is -2.06. The van der Waals surface area contributed by atoms with Gasteiger partial charge in [-0.2, -0.15) is 13.2 Å². The summed E-state index contributed by atoms with van der Waals surface area (Å²) in [6.45, 7) is 2.49. The highest BCUT2D eigenvalue weighted by Crippen LogP contribution is 2.31. The molecular formula is C19H16F3N5. The molecule has 0 spiro atoms. The monoisotopic (exact) mass is 371 g/mol. The molecule has 138 valence electrons. The number of alkyl halides is 3. The van der Waals surface area contributed by atoms with Gasteiger partial charge in [0, 0.05) is 29.6 Å². The summed E-state index contributed by atoms with van der Waals surface area (Å²) in [5, 5.41) is 15.0. The van der Waals surface area contributed by atoms with Crippen LogP contribution in [-0.4, -0.2) is 25.2 Å². The van der Waals surface area contributed by atoms with Crippen LogP contribution in [0, 0.1) is 6.92 Å². The van der Waals surface area contributed by atoms with Gasteiger partial charge < -0.3 is 4.57 Å². The molecule has 0 unspecified atom stereocenters. The second-order valence-corrected chi connectivity index (χ2v) is 6.39. The minimum Gasteiger partial charge on any atom is -0.340 e. The maximum atomic E-state index is 12.8. The first kappa shape index (κ1) is 17.3. The highest BCUT2D eigenvalue weighted by molar-refractivity contribution is 5.85. The number of para-hydroxylation sites is 1. The van der Waals surface area contributed by atoms with E-state index in [2.05, 4.69) is 25.2 Å². The Morgan fingerprint density at radius 1 is 1.04 bits per heavy atom. The number of aromatic nitrogens is 5. The van der Waals surface area contributed by atoms with Crippen LogP contribution in [0.1, 0.15) is 28.2 Å². The number of halogens is 3. The van der Waals surface area contributed by atoms with Crippen molar-refractivity contribution in [2.45, 2.75) is 26.1 Å². The molecule has 0 saturated carbocycles. The van der Waals surface area contributed by atoms with E-state index in [0.717, 1.165) is 39.9 Å². The van der Waals surface area contributed by atoms with Crippen LogP contribution in [0.15, 0.2) is 48.5 Å². The molecule has 2 aromatic heterocycles. The number of tetrazole rings is 1. The van der Waals surface area contributed by atoms with Crippen LogP contribution in [0.5, 0.6) is 0 Å². The molecule has 0 aliphatic rings. The van der Waals surface area contributed by atoms with Crippen molar-refractivity contribution >= 4 is 10.9 Å². The molecule has 0 bridgehead atoms. The van der Waals surface area contributed by atoms with Gasteiger partial charge in [-0.15, -0.1) is 5.10 Å². The zero-order valence-corrected chi connectivity index (χ0v) is 14.5. The smallest absolute Gasteiger partial charge is 0.340 e. The average molecular weight is 371 g/mol. The van der Waals surface area contributed by atoms with Crippen molar-refractivity contribution in [3.63, 3.8) is 0 Å². The quantitative estimate of drug-likeness (QED) is 0.587. The van der Waals surface area contributed by atoms with Crippen molar-refractivity contribution in [2.75, 3.05) is 0 Å². The third-order valence-corrected chi connectivity index (χ3v) is 4.72. The molecule has 0 fully saturated rings. The summed E-state index contributed by atoms with van der Waals surface area (Å²) < 4.78 is 40.4. The normalized spacial score (nSPS) is 12.0. The average Bonchev–Trinajstić information content (AvgIpc) is 3.24. The molecule has 2 aromatic carbocycles. The first-order chi connectivity index (χ1) is 12.9. The molecule has 0 atom stereocenters. The summed E-state index contributed by atoms with van der Waals surface area (Å²) >= 11 is 0. The van der Waals surface area contributed by atoms with Gasteiger partial charge in [0.15, 0.2) is 5.82 Å². The Morgan fingerprint density at radius 3 is 2.44 bits per heavy atom. The predicted molar refractivity (Wildman–Crippen MR) is 94.2 cm³/mol. The first-order valence-corrected chi connectivity index (χ1v) is 8.39. The van der Waals surface area contributed by atoms with Gasteiger partial charge in [0.2, 0.25) is 0 Å². The number of nitrogens with zero attached hydrogens (tertiary/aromatic N) is 4. The number of hydrogen-bond donors (Lipinski definition) is 1. The second kappa shape index (κ2) is 6.53. The Labute approximate surface area is 152 Å². The van der Waals surface area contributed by atoms with Crippen LogP contribution < -0.4 is 0 Å². The minimum atomic E-state index is -4.33. The van der Waals surface area contributed by atoms with E-state index >= 15 is 0 Å². The molecule has 2 heterocycles. The zero-order valence-electron chi connectivity index (χ0n) is 14.5. The molecule has 5 nitrogen and oxygen atoms in total. The lowest BCUT2D eigenvalue weighted by Gasteiger charge is -2.11. The van der Waals surface area contributed by atoms with Crippen molar-refractivity contribution in [2.24, 2.45) is 0 Å². The minimum absolute atomic E-state index is 0.485. The lowest BCUT2D eigenvalue weighted by molar-refractivity contribution is -0.137. The van der Waals surface area contributed by atoms with Crippen molar-refractivity contribution in [3.8, 4) is 0 Å². The largest absolute Gasteiger partial charge is 0.416 e. The number of H-pyrrole nitrogens is 1. The summed E-state index contributed by atoms with van der Waals surface area (Å²) in [5.74, 6) is 0.663. The topological polar surface area (TPSA) is 59.4 Å². The van der Waals surface area contributed by atoms with Gasteiger partial charge in [-0.05, 0) is 46.7 Å². The van der Waals surface area contributed by atoms with Crippen LogP contribution in [-0.2, 0) is 19.1 Å². The van der Waals surface area contributed by atoms with E-state index in [4.69, 9.17) is 0 Å². The van der Waals surface area contributed by atoms with Crippen molar-refractivity contribution < 1.29 is 13.2 Å². The number of hydrogen-bond acceptors (Lipinski definition) is 3. The Bertz CT molecular complexity index is 1060. The highest BCUT2D eigenvalue weighted by atomic mass is 19.4. The van der Waals surface area contributed by atoms with E-state index in [0.29, 0.717) is 18.8 Å². The summed E-state index contributed by atoms with van der Waals surface area (Å²) in [6, 6.07) is 13.2. The molecule has 0 aliphatic carbocycles. The van der Waals surface area contributed by atoms with Crippen molar-refractivity contribution in [1.82, 2.24) is 25.2 Å². The number of benzene rings is 2. The number of rotatable bonds is 4. The molecule has 1 N–H and O–H groups in total. The first-order valence-electron chi connectivity index (χ1n) is 8.39. The van der Waals surface area contributed by atoms with Gasteiger partial charge in [0.05, 0.1) is 5.56 Å². The molecule has 0 radical (unpaired) electrons. The van der Waals surface area contributed by atoms with Gasteiger partial charge in [-0.3, -0.25) is 0 Å². The third-order valence-electron chi connectivity index (χ3n) is 4.72. The Morgan fingerprint density at radius 2 is 1.78 bits per heavy atom. The second-order valence-electron chi connectivity index (χ2n) is 6.39. The van der Waals surface area contributed by atoms with E-state index in [-0.39, 0.29) is 0 Å². The van der Waals surface area contributed by atoms with Gasteiger partial charge >= 0.3 is 6.18 Å². The summed E-state index contributed by atoms with van der Waals surface area (Å²) in [6.07, 6.45) is -3.77. The molecule has 0 saturated heterocycles. The van der Waals surface area contributed by atoms with Crippen LogP contribution in [0.25, 0.3) is 10.9 Å². The van der Waals surface area contributed by atoms with Gasteiger partial charge in [0.1, 0.15) is 0 Å². The van der Waals surface area contributed by atoms with Crippen LogP contribution in [0.4, 0.5) is 13.2 Å². The Balaban J connectivity index is 1.72. The van der Waals surface area contributed by atoms with Crippen molar-refractivity contribution in [3.05, 3.63) is 76.7 Å². The molecule has 8 heteroatoms. The third kappa shape index (κ3) is 3.30. The number of aromatic amines is 1. The fraction of sp³-hybridized carbons (Fsp3) is 0.211. The summed E-state index contributed by atoms with van der Waals surface area (Å²) in [5.41, 5.74) is 3.32.